The van der Waals surface area contributed by atoms with Crippen LogP contribution in [0.5, 0.6) is 11.5 Å². The highest BCUT2D eigenvalue weighted by atomic mass is 16.5. The average molecular weight is 233 g/mol. The van der Waals surface area contributed by atoms with Crippen LogP contribution in [0.3, 0.4) is 0 Å². The fourth-order valence-electron chi connectivity index (χ4n) is 1.43. The minimum Gasteiger partial charge on any atom is -0.493 e. The third-order valence-corrected chi connectivity index (χ3v) is 2.49. The highest BCUT2D eigenvalue weighted by Gasteiger charge is 2.20. The van der Waals surface area contributed by atoms with Crippen LogP contribution in [0.2, 0.25) is 0 Å². The van der Waals surface area contributed by atoms with E-state index in [0.29, 0.717) is 17.4 Å². The minimum atomic E-state index is -0.855. The number of ether oxygens (including phenoxy) is 2. The first-order valence-electron chi connectivity index (χ1n) is 5.68. The van der Waals surface area contributed by atoms with E-state index in [1.54, 1.807) is 21.0 Å². The van der Waals surface area contributed by atoms with Crippen LogP contribution in [0.25, 0.3) is 0 Å². The molecule has 0 radical (unpaired) electrons. The van der Waals surface area contributed by atoms with E-state index in [2.05, 4.69) is 19.9 Å². The maximum absolute atomic E-state index is 8.95. The van der Waals surface area contributed by atoms with Gasteiger partial charge < -0.3 is 9.47 Å². The summed E-state index contributed by atoms with van der Waals surface area (Å²) in [6.45, 7) is 7.69. The maximum Gasteiger partial charge on any atom is 0.188 e. The van der Waals surface area contributed by atoms with Gasteiger partial charge >= 0.3 is 0 Å². The number of rotatable bonds is 4. The average Bonchev–Trinajstić information content (AvgIpc) is 2.29. The standard InChI is InChI=1S/C14H19NO2/c1-10(2)11-6-7-12(13(8-11)16-5)17-14(3,4)9-15/h6-8,10H,1-5H3. The lowest BCUT2D eigenvalue weighted by molar-refractivity contribution is 0.163. The van der Waals surface area contributed by atoms with Crippen molar-refractivity contribution in [1.82, 2.24) is 0 Å². The summed E-state index contributed by atoms with van der Waals surface area (Å²) in [6, 6.07) is 7.90. The Morgan fingerprint density at radius 2 is 1.88 bits per heavy atom. The van der Waals surface area contributed by atoms with E-state index >= 15 is 0 Å². The summed E-state index contributed by atoms with van der Waals surface area (Å²) in [5, 5.41) is 8.95. The SMILES string of the molecule is COc1cc(C(C)C)ccc1OC(C)(C)C#N. The third kappa shape index (κ3) is 3.39. The summed E-state index contributed by atoms with van der Waals surface area (Å²) >= 11 is 0. The summed E-state index contributed by atoms with van der Waals surface area (Å²) in [5.41, 5.74) is 0.330. The predicted octanol–water partition coefficient (Wildman–Crippen LogP) is 3.50. The first-order valence-corrected chi connectivity index (χ1v) is 5.68. The van der Waals surface area contributed by atoms with Crippen LogP contribution in [0, 0.1) is 11.3 Å². The van der Waals surface area contributed by atoms with Crippen LogP contribution in [0.1, 0.15) is 39.2 Å². The molecule has 3 heteroatoms. The predicted molar refractivity (Wildman–Crippen MR) is 67.4 cm³/mol. The number of hydrogen-bond donors (Lipinski definition) is 0. The van der Waals surface area contributed by atoms with Gasteiger partial charge in [0.15, 0.2) is 17.1 Å². The van der Waals surface area contributed by atoms with Gasteiger partial charge in [0.25, 0.3) is 0 Å². The zero-order chi connectivity index (χ0) is 13.1. The largest absolute Gasteiger partial charge is 0.493 e. The number of nitriles is 1. The molecule has 0 aliphatic carbocycles. The molecule has 0 N–H and O–H groups in total. The molecular formula is C14H19NO2. The fourth-order valence-corrected chi connectivity index (χ4v) is 1.43. The van der Waals surface area contributed by atoms with Crippen molar-refractivity contribution in [1.29, 1.82) is 5.26 Å². The Balaban J connectivity index is 3.06. The van der Waals surface area contributed by atoms with Gasteiger partial charge in [-0.1, -0.05) is 19.9 Å². The molecule has 1 aromatic rings. The van der Waals surface area contributed by atoms with Gasteiger partial charge in [-0.05, 0) is 37.5 Å². The second-order valence-electron chi connectivity index (χ2n) is 4.79. The summed E-state index contributed by atoms with van der Waals surface area (Å²) in [6.07, 6.45) is 0. The molecule has 1 rings (SSSR count). The van der Waals surface area contributed by atoms with Crippen LogP contribution >= 0.6 is 0 Å². The van der Waals surface area contributed by atoms with Gasteiger partial charge in [0.05, 0.1) is 7.11 Å². The van der Waals surface area contributed by atoms with Crippen molar-refractivity contribution < 1.29 is 9.47 Å². The molecule has 0 amide bonds. The maximum atomic E-state index is 8.95. The molecule has 92 valence electrons. The lowest BCUT2D eigenvalue weighted by Crippen LogP contribution is -2.25. The Labute approximate surface area is 103 Å². The molecular weight excluding hydrogens is 214 g/mol. The molecule has 0 heterocycles. The lowest BCUT2D eigenvalue weighted by atomic mass is 10.0. The lowest BCUT2D eigenvalue weighted by Gasteiger charge is -2.21. The fraction of sp³-hybridized carbons (Fsp3) is 0.500. The third-order valence-electron chi connectivity index (χ3n) is 2.49. The highest BCUT2D eigenvalue weighted by Crippen LogP contribution is 2.32. The highest BCUT2D eigenvalue weighted by molar-refractivity contribution is 5.44. The quantitative estimate of drug-likeness (QED) is 0.799. The van der Waals surface area contributed by atoms with Crippen LogP contribution < -0.4 is 9.47 Å². The van der Waals surface area contributed by atoms with E-state index in [-0.39, 0.29) is 0 Å². The van der Waals surface area contributed by atoms with Crippen molar-refractivity contribution >= 4 is 0 Å². The number of hydrogen-bond acceptors (Lipinski definition) is 3. The van der Waals surface area contributed by atoms with Gasteiger partial charge in [0.2, 0.25) is 0 Å². The monoisotopic (exact) mass is 233 g/mol. The molecule has 17 heavy (non-hydrogen) atoms. The van der Waals surface area contributed by atoms with Crippen LogP contribution in [-0.4, -0.2) is 12.7 Å². The molecule has 3 nitrogen and oxygen atoms in total. The zero-order valence-electron chi connectivity index (χ0n) is 11.1. The second-order valence-corrected chi connectivity index (χ2v) is 4.79. The summed E-state index contributed by atoms with van der Waals surface area (Å²) in [5.74, 6) is 1.70. The van der Waals surface area contributed by atoms with Crippen LogP contribution in [-0.2, 0) is 0 Å². The van der Waals surface area contributed by atoms with Gasteiger partial charge in [-0.15, -0.1) is 0 Å². The van der Waals surface area contributed by atoms with Gasteiger partial charge in [-0.3, -0.25) is 0 Å². The van der Waals surface area contributed by atoms with Gasteiger partial charge in [0, 0.05) is 0 Å². The topological polar surface area (TPSA) is 42.2 Å². The molecule has 0 aliphatic rings. The Bertz CT molecular complexity index is 430. The summed E-state index contributed by atoms with van der Waals surface area (Å²) in [7, 11) is 1.60. The molecule has 1 aromatic carbocycles. The minimum absolute atomic E-state index is 0.432. The van der Waals surface area contributed by atoms with Crippen molar-refractivity contribution in [3.63, 3.8) is 0 Å². The van der Waals surface area contributed by atoms with E-state index in [9.17, 15) is 0 Å². The Morgan fingerprint density at radius 1 is 1.24 bits per heavy atom. The van der Waals surface area contributed by atoms with Crippen molar-refractivity contribution in [2.45, 2.75) is 39.2 Å². The van der Waals surface area contributed by atoms with E-state index in [4.69, 9.17) is 14.7 Å². The van der Waals surface area contributed by atoms with E-state index in [1.165, 1.54) is 5.56 Å². The molecule has 0 bridgehead atoms. The van der Waals surface area contributed by atoms with E-state index in [1.807, 2.05) is 18.2 Å². The van der Waals surface area contributed by atoms with Crippen LogP contribution in [0.15, 0.2) is 18.2 Å². The van der Waals surface area contributed by atoms with Crippen molar-refractivity contribution in [3.05, 3.63) is 23.8 Å². The van der Waals surface area contributed by atoms with Crippen molar-refractivity contribution in [2.75, 3.05) is 7.11 Å². The Morgan fingerprint density at radius 3 is 2.35 bits per heavy atom. The molecule has 0 saturated carbocycles. The van der Waals surface area contributed by atoms with E-state index < -0.39 is 5.60 Å². The number of benzene rings is 1. The van der Waals surface area contributed by atoms with Gasteiger partial charge in [-0.2, -0.15) is 5.26 Å². The van der Waals surface area contributed by atoms with Crippen molar-refractivity contribution in [2.24, 2.45) is 0 Å². The molecule has 0 saturated heterocycles. The Kier molecular flexibility index (Phi) is 4.01. The van der Waals surface area contributed by atoms with Crippen molar-refractivity contribution in [3.8, 4) is 17.6 Å². The van der Waals surface area contributed by atoms with Crippen LogP contribution in [0.4, 0.5) is 0 Å². The Hall–Kier alpha value is -1.69. The second kappa shape index (κ2) is 5.09. The molecule has 0 fully saturated rings. The summed E-state index contributed by atoms with van der Waals surface area (Å²) in [4.78, 5) is 0. The normalized spacial score (nSPS) is 11.1. The molecule has 0 aromatic heterocycles. The zero-order valence-corrected chi connectivity index (χ0v) is 11.1. The molecule has 0 spiro atoms. The van der Waals surface area contributed by atoms with Gasteiger partial charge in [0.1, 0.15) is 6.07 Å². The molecule has 0 aliphatic heterocycles. The smallest absolute Gasteiger partial charge is 0.188 e. The summed E-state index contributed by atoms with van der Waals surface area (Å²) < 4.78 is 10.9. The number of methoxy groups -OCH3 is 1. The van der Waals surface area contributed by atoms with Gasteiger partial charge in [-0.25, -0.2) is 0 Å². The molecule has 0 atom stereocenters. The van der Waals surface area contributed by atoms with E-state index in [0.717, 1.165) is 0 Å². The first kappa shape index (κ1) is 13.4. The number of nitrogens with zero attached hydrogens (tertiary/aromatic N) is 1. The molecule has 0 unspecified atom stereocenters. The first-order chi connectivity index (χ1) is 7.89.